The van der Waals surface area contributed by atoms with Crippen molar-refractivity contribution in [3.05, 3.63) is 30.3 Å². The third kappa shape index (κ3) is 3.04. The highest BCUT2D eigenvalue weighted by molar-refractivity contribution is 7.92. The van der Waals surface area contributed by atoms with Crippen molar-refractivity contribution in [2.24, 2.45) is 5.73 Å². The Morgan fingerprint density at radius 1 is 1.24 bits per heavy atom. The summed E-state index contributed by atoms with van der Waals surface area (Å²) >= 11 is 0. The molecule has 0 aliphatic carbocycles. The van der Waals surface area contributed by atoms with E-state index in [-0.39, 0.29) is 4.90 Å². The van der Waals surface area contributed by atoms with Gasteiger partial charge in [0.25, 0.3) is 0 Å². The zero-order valence-electron chi connectivity index (χ0n) is 9.08. The Bertz CT molecular complexity index is 524. The minimum absolute atomic E-state index is 0.0205. The summed E-state index contributed by atoms with van der Waals surface area (Å²) in [5, 5.41) is 0.362. The molecule has 0 radical (unpaired) electrons. The fourth-order valence-electron chi connectivity index (χ4n) is 1.18. The summed E-state index contributed by atoms with van der Waals surface area (Å²) in [5.74, 6) is -0.943. The van der Waals surface area contributed by atoms with Crippen LogP contribution in [-0.2, 0) is 14.6 Å². The summed E-state index contributed by atoms with van der Waals surface area (Å²) in [6.07, 6.45) is 0. The van der Waals surface area contributed by atoms with Gasteiger partial charge >= 0.3 is 6.03 Å². The SMILES string of the molecule is CC(C(=O)NC(N)=O)S(=O)(=O)c1ccccc1. The lowest BCUT2D eigenvalue weighted by molar-refractivity contribution is -0.119. The number of imide groups is 1. The minimum atomic E-state index is -3.80. The largest absolute Gasteiger partial charge is 0.351 e. The number of sulfone groups is 1. The molecule has 0 heterocycles. The lowest BCUT2D eigenvalue weighted by Crippen LogP contribution is -2.43. The summed E-state index contributed by atoms with van der Waals surface area (Å²) in [6, 6.07) is 6.43. The van der Waals surface area contributed by atoms with Crippen LogP contribution in [0.4, 0.5) is 4.79 Å². The maximum absolute atomic E-state index is 11.9. The highest BCUT2D eigenvalue weighted by atomic mass is 32.2. The van der Waals surface area contributed by atoms with Crippen molar-refractivity contribution < 1.29 is 18.0 Å². The fourth-order valence-corrected chi connectivity index (χ4v) is 2.46. The van der Waals surface area contributed by atoms with Gasteiger partial charge in [-0.15, -0.1) is 0 Å². The van der Waals surface area contributed by atoms with Gasteiger partial charge in [0.2, 0.25) is 5.91 Å². The van der Waals surface area contributed by atoms with Crippen LogP contribution >= 0.6 is 0 Å². The van der Waals surface area contributed by atoms with Crippen LogP contribution in [0.2, 0.25) is 0 Å². The first-order chi connectivity index (χ1) is 7.85. The predicted molar refractivity (Wildman–Crippen MR) is 60.8 cm³/mol. The normalized spacial score (nSPS) is 12.8. The van der Waals surface area contributed by atoms with Crippen molar-refractivity contribution in [1.29, 1.82) is 0 Å². The fraction of sp³-hybridized carbons (Fsp3) is 0.200. The Balaban J connectivity index is 3.00. The van der Waals surface area contributed by atoms with Crippen molar-refractivity contribution in [3.8, 4) is 0 Å². The monoisotopic (exact) mass is 256 g/mol. The number of amides is 3. The average Bonchev–Trinajstić information content (AvgIpc) is 2.28. The van der Waals surface area contributed by atoms with Crippen molar-refractivity contribution in [2.45, 2.75) is 17.1 Å². The van der Waals surface area contributed by atoms with Gasteiger partial charge in [-0.2, -0.15) is 0 Å². The van der Waals surface area contributed by atoms with E-state index < -0.39 is 27.0 Å². The number of hydrogen-bond acceptors (Lipinski definition) is 4. The predicted octanol–water partition coefficient (Wildman–Crippen LogP) is 0.0437. The minimum Gasteiger partial charge on any atom is -0.351 e. The molecule has 0 aliphatic heterocycles. The molecule has 1 unspecified atom stereocenters. The number of carbonyl (C=O) groups is 2. The number of hydrogen-bond donors (Lipinski definition) is 2. The molecule has 3 amide bonds. The highest BCUT2D eigenvalue weighted by Gasteiger charge is 2.30. The van der Waals surface area contributed by atoms with E-state index in [1.54, 1.807) is 23.5 Å². The molecular formula is C10H12N2O4S. The van der Waals surface area contributed by atoms with E-state index in [0.29, 0.717) is 0 Å². The van der Waals surface area contributed by atoms with E-state index in [2.05, 4.69) is 0 Å². The number of primary amides is 1. The maximum Gasteiger partial charge on any atom is 0.318 e. The van der Waals surface area contributed by atoms with E-state index in [0.717, 1.165) is 0 Å². The standard InChI is InChI=1S/C10H12N2O4S/c1-7(9(13)12-10(11)14)17(15,16)8-5-3-2-4-6-8/h2-7H,1H3,(H3,11,12,13,14). The van der Waals surface area contributed by atoms with E-state index in [9.17, 15) is 18.0 Å². The summed E-state index contributed by atoms with van der Waals surface area (Å²) in [5.41, 5.74) is 4.75. The van der Waals surface area contributed by atoms with Crippen LogP contribution in [0.5, 0.6) is 0 Å². The van der Waals surface area contributed by atoms with Crippen LogP contribution < -0.4 is 11.1 Å². The molecular weight excluding hydrogens is 244 g/mol. The van der Waals surface area contributed by atoms with Crippen LogP contribution in [-0.4, -0.2) is 25.6 Å². The molecule has 6 nitrogen and oxygen atoms in total. The summed E-state index contributed by atoms with van der Waals surface area (Å²) in [6.45, 7) is 1.20. The number of nitrogens with two attached hydrogens (primary N) is 1. The number of carbonyl (C=O) groups excluding carboxylic acids is 2. The second kappa shape index (κ2) is 4.96. The third-order valence-corrected chi connectivity index (χ3v) is 4.23. The number of nitrogens with one attached hydrogen (secondary N) is 1. The molecule has 3 N–H and O–H groups in total. The summed E-state index contributed by atoms with van der Waals surface area (Å²) in [7, 11) is -3.80. The Kier molecular flexibility index (Phi) is 3.84. The van der Waals surface area contributed by atoms with Gasteiger partial charge in [-0.05, 0) is 19.1 Å². The van der Waals surface area contributed by atoms with E-state index in [1.807, 2.05) is 0 Å². The Hall–Kier alpha value is -1.89. The van der Waals surface area contributed by atoms with E-state index in [1.165, 1.54) is 19.1 Å². The molecule has 92 valence electrons. The van der Waals surface area contributed by atoms with Gasteiger partial charge in [0.15, 0.2) is 9.84 Å². The first-order valence-corrected chi connectivity index (χ1v) is 6.29. The first-order valence-electron chi connectivity index (χ1n) is 4.75. The van der Waals surface area contributed by atoms with Gasteiger partial charge in [0.05, 0.1) is 4.90 Å². The lowest BCUT2D eigenvalue weighted by atomic mass is 10.4. The van der Waals surface area contributed by atoms with Gasteiger partial charge in [0, 0.05) is 0 Å². The lowest BCUT2D eigenvalue weighted by Gasteiger charge is -2.11. The Labute approximate surface area is 98.7 Å². The zero-order valence-corrected chi connectivity index (χ0v) is 9.90. The van der Waals surface area contributed by atoms with Gasteiger partial charge in [0.1, 0.15) is 5.25 Å². The molecule has 0 spiro atoms. The van der Waals surface area contributed by atoms with Crippen molar-refractivity contribution in [2.75, 3.05) is 0 Å². The maximum atomic E-state index is 11.9. The van der Waals surface area contributed by atoms with Crippen molar-refractivity contribution in [3.63, 3.8) is 0 Å². The molecule has 1 aromatic carbocycles. The molecule has 0 saturated carbocycles. The molecule has 1 rings (SSSR count). The average molecular weight is 256 g/mol. The topological polar surface area (TPSA) is 106 Å². The molecule has 7 heteroatoms. The molecule has 0 bridgehead atoms. The number of rotatable bonds is 3. The second-order valence-corrected chi connectivity index (χ2v) is 5.62. The smallest absolute Gasteiger partial charge is 0.318 e. The zero-order chi connectivity index (χ0) is 13.1. The van der Waals surface area contributed by atoms with Crippen LogP contribution in [0.3, 0.4) is 0 Å². The van der Waals surface area contributed by atoms with Gasteiger partial charge in [-0.1, -0.05) is 18.2 Å². The molecule has 1 aromatic rings. The van der Waals surface area contributed by atoms with Crippen molar-refractivity contribution >= 4 is 21.8 Å². The number of benzene rings is 1. The quantitative estimate of drug-likeness (QED) is 0.796. The van der Waals surface area contributed by atoms with Crippen LogP contribution in [0.1, 0.15) is 6.92 Å². The van der Waals surface area contributed by atoms with Crippen LogP contribution in [0.15, 0.2) is 35.2 Å². The van der Waals surface area contributed by atoms with Crippen LogP contribution in [0, 0.1) is 0 Å². The molecule has 0 fully saturated rings. The van der Waals surface area contributed by atoms with Gasteiger partial charge in [-0.3, -0.25) is 10.1 Å². The Morgan fingerprint density at radius 3 is 2.24 bits per heavy atom. The molecule has 1 atom stereocenters. The molecule has 0 saturated heterocycles. The van der Waals surface area contributed by atoms with Crippen molar-refractivity contribution in [1.82, 2.24) is 5.32 Å². The number of urea groups is 1. The second-order valence-electron chi connectivity index (χ2n) is 3.35. The molecule has 0 aromatic heterocycles. The van der Waals surface area contributed by atoms with E-state index >= 15 is 0 Å². The molecule has 0 aliphatic rings. The van der Waals surface area contributed by atoms with Crippen LogP contribution in [0.25, 0.3) is 0 Å². The highest BCUT2D eigenvalue weighted by Crippen LogP contribution is 2.15. The first kappa shape index (κ1) is 13.2. The Morgan fingerprint density at radius 2 is 1.76 bits per heavy atom. The third-order valence-electron chi connectivity index (χ3n) is 2.15. The molecule has 17 heavy (non-hydrogen) atoms. The van der Waals surface area contributed by atoms with E-state index in [4.69, 9.17) is 5.73 Å². The summed E-state index contributed by atoms with van der Waals surface area (Å²) < 4.78 is 23.9. The van der Waals surface area contributed by atoms with Gasteiger partial charge in [-0.25, -0.2) is 13.2 Å². The van der Waals surface area contributed by atoms with Gasteiger partial charge < -0.3 is 5.73 Å². The summed E-state index contributed by atoms with van der Waals surface area (Å²) in [4.78, 5) is 21.9.